The zero-order valence-corrected chi connectivity index (χ0v) is 10.0. The second-order valence-electron chi connectivity index (χ2n) is 4.78. The van der Waals surface area contributed by atoms with Crippen molar-refractivity contribution in [1.29, 1.82) is 0 Å². The quantitative estimate of drug-likeness (QED) is 0.734. The van der Waals surface area contributed by atoms with Gasteiger partial charge in [0, 0.05) is 12.0 Å². The lowest BCUT2D eigenvalue weighted by Gasteiger charge is -2.24. The molecule has 0 spiro atoms. The molecule has 84 valence electrons. The van der Waals surface area contributed by atoms with Gasteiger partial charge >= 0.3 is 0 Å². The fourth-order valence-electron chi connectivity index (χ4n) is 2.28. The Labute approximate surface area is 88.4 Å². The molecule has 0 aromatic carbocycles. The zero-order valence-electron chi connectivity index (χ0n) is 10.0. The van der Waals surface area contributed by atoms with Gasteiger partial charge in [-0.25, -0.2) is 0 Å². The van der Waals surface area contributed by atoms with E-state index in [2.05, 4.69) is 33.1 Å². The molecular formula is C12H25NO. The highest BCUT2D eigenvalue weighted by Crippen LogP contribution is 2.26. The molecule has 1 N–H and O–H groups in total. The predicted octanol–water partition coefficient (Wildman–Crippen LogP) is 2.44. The van der Waals surface area contributed by atoms with Gasteiger partial charge in [-0.05, 0) is 32.7 Å². The van der Waals surface area contributed by atoms with E-state index >= 15 is 0 Å². The summed E-state index contributed by atoms with van der Waals surface area (Å²) in [7, 11) is 2.08. The second kappa shape index (κ2) is 5.72. The van der Waals surface area contributed by atoms with Crippen LogP contribution in [-0.2, 0) is 4.74 Å². The third kappa shape index (κ3) is 3.25. The van der Waals surface area contributed by atoms with E-state index in [1.165, 1.54) is 19.3 Å². The number of hydrogen-bond donors (Lipinski definition) is 1. The van der Waals surface area contributed by atoms with Gasteiger partial charge in [-0.3, -0.25) is 0 Å². The number of nitrogens with one attached hydrogen (secondary N) is 1. The maximum Gasteiger partial charge on any atom is 0.0551 e. The molecule has 0 bridgehead atoms. The van der Waals surface area contributed by atoms with Crippen LogP contribution in [0.4, 0.5) is 0 Å². The molecule has 0 saturated carbocycles. The first-order valence-corrected chi connectivity index (χ1v) is 5.96. The summed E-state index contributed by atoms with van der Waals surface area (Å²) in [5.41, 5.74) is 0. The first-order valence-electron chi connectivity index (χ1n) is 5.96. The maximum atomic E-state index is 5.62. The van der Waals surface area contributed by atoms with E-state index < -0.39 is 0 Å². The van der Waals surface area contributed by atoms with Gasteiger partial charge in [0.2, 0.25) is 0 Å². The van der Waals surface area contributed by atoms with E-state index in [0.29, 0.717) is 12.1 Å². The Bertz CT molecular complexity index is 160. The van der Waals surface area contributed by atoms with Crippen LogP contribution in [0.25, 0.3) is 0 Å². The molecule has 0 aromatic rings. The molecule has 2 nitrogen and oxygen atoms in total. The summed E-state index contributed by atoms with van der Waals surface area (Å²) in [6.45, 7) is 7.73. The first kappa shape index (κ1) is 12.0. The van der Waals surface area contributed by atoms with Crippen molar-refractivity contribution in [2.24, 2.45) is 11.8 Å². The SMILES string of the molecule is CCC(C)CC(NC)C1COC(C)C1. The van der Waals surface area contributed by atoms with Gasteiger partial charge in [0.25, 0.3) is 0 Å². The number of hydrogen-bond acceptors (Lipinski definition) is 2. The van der Waals surface area contributed by atoms with Crippen LogP contribution in [0.1, 0.15) is 40.0 Å². The Kier molecular flexibility index (Phi) is 4.90. The minimum absolute atomic E-state index is 0.466. The van der Waals surface area contributed by atoms with Crippen LogP contribution in [0, 0.1) is 11.8 Å². The molecular weight excluding hydrogens is 174 g/mol. The summed E-state index contributed by atoms with van der Waals surface area (Å²) >= 11 is 0. The minimum Gasteiger partial charge on any atom is -0.378 e. The van der Waals surface area contributed by atoms with Crippen LogP contribution in [0.2, 0.25) is 0 Å². The predicted molar refractivity (Wildman–Crippen MR) is 60.4 cm³/mol. The van der Waals surface area contributed by atoms with Crippen LogP contribution < -0.4 is 5.32 Å². The molecule has 0 radical (unpaired) electrons. The standard InChI is InChI=1S/C12H25NO/c1-5-9(2)6-12(13-4)11-7-10(3)14-8-11/h9-13H,5-8H2,1-4H3. The molecule has 2 heteroatoms. The van der Waals surface area contributed by atoms with E-state index in [1.807, 2.05) is 0 Å². The average molecular weight is 199 g/mol. The smallest absolute Gasteiger partial charge is 0.0551 e. The highest BCUT2D eigenvalue weighted by atomic mass is 16.5. The van der Waals surface area contributed by atoms with Crippen molar-refractivity contribution in [3.8, 4) is 0 Å². The van der Waals surface area contributed by atoms with Crippen molar-refractivity contribution in [3.63, 3.8) is 0 Å². The highest BCUT2D eigenvalue weighted by molar-refractivity contribution is 4.82. The lowest BCUT2D eigenvalue weighted by atomic mass is 9.89. The molecule has 1 rings (SSSR count). The summed E-state index contributed by atoms with van der Waals surface area (Å²) in [5.74, 6) is 1.55. The fourth-order valence-corrected chi connectivity index (χ4v) is 2.28. The van der Waals surface area contributed by atoms with E-state index in [1.54, 1.807) is 0 Å². The second-order valence-corrected chi connectivity index (χ2v) is 4.78. The summed E-state index contributed by atoms with van der Waals surface area (Å²) in [4.78, 5) is 0. The number of rotatable bonds is 5. The normalized spacial score (nSPS) is 31.7. The van der Waals surface area contributed by atoms with Gasteiger partial charge in [0.1, 0.15) is 0 Å². The van der Waals surface area contributed by atoms with Crippen LogP contribution in [-0.4, -0.2) is 25.8 Å². The molecule has 4 atom stereocenters. The average Bonchev–Trinajstić information content (AvgIpc) is 2.60. The highest BCUT2D eigenvalue weighted by Gasteiger charge is 2.29. The zero-order chi connectivity index (χ0) is 10.6. The molecule has 1 fully saturated rings. The third-order valence-corrected chi connectivity index (χ3v) is 3.52. The third-order valence-electron chi connectivity index (χ3n) is 3.52. The molecule has 1 saturated heterocycles. The van der Waals surface area contributed by atoms with Crippen LogP contribution in [0.5, 0.6) is 0 Å². The lowest BCUT2D eigenvalue weighted by Crippen LogP contribution is -2.35. The molecule has 0 amide bonds. The topological polar surface area (TPSA) is 21.3 Å². The lowest BCUT2D eigenvalue weighted by molar-refractivity contribution is 0.116. The van der Waals surface area contributed by atoms with Crippen molar-refractivity contribution in [2.75, 3.05) is 13.7 Å². The van der Waals surface area contributed by atoms with E-state index in [4.69, 9.17) is 4.74 Å². The van der Waals surface area contributed by atoms with E-state index in [0.717, 1.165) is 18.4 Å². The molecule has 14 heavy (non-hydrogen) atoms. The van der Waals surface area contributed by atoms with E-state index in [9.17, 15) is 0 Å². The van der Waals surface area contributed by atoms with Crippen LogP contribution >= 0.6 is 0 Å². The van der Waals surface area contributed by atoms with Crippen molar-refractivity contribution in [3.05, 3.63) is 0 Å². The Morgan fingerprint density at radius 3 is 2.64 bits per heavy atom. The summed E-state index contributed by atoms with van der Waals surface area (Å²) < 4.78 is 5.62. The monoisotopic (exact) mass is 199 g/mol. The Hall–Kier alpha value is -0.0800. The summed E-state index contributed by atoms with van der Waals surface area (Å²) in [6.07, 6.45) is 4.25. The minimum atomic E-state index is 0.466. The van der Waals surface area contributed by atoms with E-state index in [-0.39, 0.29) is 0 Å². The van der Waals surface area contributed by atoms with Gasteiger partial charge in [-0.2, -0.15) is 0 Å². The summed E-state index contributed by atoms with van der Waals surface area (Å²) in [5, 5.41) is 3.45. The molecule has 1 aliphatic rings. The van der Waals surface area contributed by atoms with Gasteiger partial charge in [-0.1, -0.05) is 20.3 Å². The van der Waals surface area contributed by atoms with Crippen LogP contribution in [0.3, 0.4) is 0 Å². The summed E-state index contributed by atoms with van der Waals surface area (Å²) in [6, 6.07) is 0.648. The van der Waals surface area contributed by atoms with Crippen molar-refractivity contribution in [1.82, 2.24) is 5.32 Å². The Morgan fingerprint density at radius 2 is 2.21 bits per heavy atom. The molecule has 1 heterocycles. The van der Waals surface area contributed by atoms with Gasteiger partial charge in [0.15, 0.2) is 0 Å². The van der Waals surface area contributed by atoms with Crippen molar-refractivity contribution in [2.45, 2.75) is 52.2 Å². The molecule has 4 unspecified atom stereocenters. The Balaban J connectivity index is 2.37. The number of ether oxygens (including phenoxy) is 1. The van der Waals surface area contributed by atoms with Gasteiger partial charge in [-0.15, -0.1) is 0 Å². The molecule has 0 aliphatic carbocycles. The fraction of sp³-hybridized carbons (Fsp3) is 1.00. The van der Waals surface area contributed by atoms with Crippen molar-refractivity contribution < 1.29 is 4.74 Å². The van der Waals surface area contributed by atoms with Gasteiger partial charge in [0.05, 0.1) is 12.7 Å². The first-order chi connectivity index (χ1) is 6.67. The Morgan fingerprint density at radius 1 is 1.50 bits per heavy atom. The van der Waals surface area contributed by atoms with Gasteiger partial charge < -0.3 is 10.1 Å². The van der Waals surface area contributed by atoms with Crippen molar-refractivity contribution >= 4 is 0 Å². The molecule has 0 aromatic heterocycles. The largest absolute Gasteiger partial charge is 0.378 e. The molecule has 1 aliphatic heterocycles. The van der Waals surface area contributed by atoms with Crippen LogP contribution in [0.15, 0.2) is 0 Å². The maximum absolute atomic E-state index is 5.62.